The number of aromatic nitrogens is 3. The van der Waals surface area contributed by atoms with Crippen LogP contribution < -0.4 is 0 Å². The fourth-order valence-corrected chi connectivity index (χ4v) is 2.05. The van der Waals surface area contributed by atoms with E-state index in [1.54, 1.807) is 0 Å². The first-order chi connectivity index (χ1) is 8.93. The van der Waals surface area contributed by atoms with Crippen LogP contribution >= 0.6 is 0 Å². The van der Waals surface area contributed by atoms with Crippen LogP contribution in [0.15, 0.2) is 18.7 Å². The summed E-state index contributed by atoms with van der Waals surface area (Å²) in [5.41, 5.74) is 0.0530. The van der Waals surface area contributed by atoms with Crippen molar-refractivity contribution in [3.05, 3.63) is 47.3 Å². The Labute approximate surface area is 107 Å². The summed E-state index contributed by atoms with van der Waals surface area (Å²) < 4.78 is 41.6. The van der Waals surface area contributed by atoms with Crippen molar-refractivity contribution in [2.24, 2.45) is 0 Å². The Hall–Kier alpha value is -1.89. The maximum Gasteiger partial charge on any atom is 0.194 e. The van der Waals surface area contributed by atoms with Crippen molar-refractivity contribution < 1.29 is 18.3 Å². The summed E-state index contributed by atoms with van der Waals surface area (Å²) in [6, 6.07) is -0.0855. The predicted molar refractivity (Wildman–Crippen MR) is 60.9 cm³/mol. The van der Waals surface area contributed by atoms with Gasteiger partial charge in [-0.25, -0.2) is 22.8 Å². The van der Waals surface area contributed by atoms with Gasteiger partial charge in [0.1, 0.15) is 18.7 Å². The number of aliphatic hydroxyl groups excluding tert-OH is 1. The molecule has 2 rings (SSSR count). The van der Waals surface area contributed by atoms with Crippen molar-refractivity contribution in [3.63, 3.8) is 0 Å². The highest BCUT2D eigenvalue weighted by molar-refractivity contribution is 5.33. The van der Waals surface area contributed by atoms with Gasteiger partial charge >= 0.3 is 0 Å². The summed E-state index contributed by atoms with van der Waals surface area (Å²) in [6.45, 7) is 2.85. The zero-order valence-electron chi connectivity index (χ0n) is 10.3. The summed E-state index contributed by atoms with van der Waals surface area (Å²) in [5.74, 6) is -4.15. The van der Waals surface area contributed by atoms with Crippen LogP contribution in [0.1, 0.15) is 24.1 Å². The zero-order valence-corrected chi connectivity index (χ0v) is 10.3. The molecule has 7 heteroatoms. The number of hydrogen-bond acceptors (Lipinski definition) is 3. The van der Waals surface area contributed by atoms with Crippen LogP contribution in [0.2, 0.25) is 0 Å². The van der Waals surface area contributed by atoms with Gasteiger partial charge in [-0.1, -0.05) is 0 Å². The standard InChI is InChI=1S/C12H12F3N3O/c1-6-3-8(13)10(14)11(15)9(6)12(7(2)19)18-5-16-4-17-18/h3-5,7,12,19H,1-2H3. The van der Waals surface area contributed by atoms with Crippen molar-refractivity contribution in [3.8, 4) is 0 Å². The molecule has 1 aromatic carbocycles. The molecule has 0 spiro atoms. The first-order valence-electron chi connectivity index (χ1n) is 5.59. The van der Waals surface area contributed by atoms with Gasteiger partial charge in [-0.3, -0.25) is 0 Å². The molecular weight excluding hydrogens is 259 g/mol. The van der Waals surface area contributed by atoms with Gasteiger partial charge in [-0.15, -0.1) is 0 Å². The van der Waals surface area contributed by atoms with Gasteiger partial charge in [-0.05, 0) is 25.5 Å². The fraction of sp³-hybridized carbons (Fsp3) is 0.333. The lowest BCUT2D eigenvalue weighted by Gasteiger charge is -2.23. The van der Waals surface area contributed by atoms with E-state index in [0.29, 0.717) is 0 Å². The molecule has 2 unspecified atom stereocenters. The average molecular weight is 271 g/mol. The molecule has 0 radical (unpaired) electrons. The van der Waals surface area contributed by atoms with Crippen LogP contribution in [0.5, 0.6) is 0 Å². The fourth-order valence-electron chi connectivity index (χ4n) is 2.05. The quantitative estimate of drug-likeness (QED) is 0.868. The van der Waals surface area contributed by atoms with E-state index in [1.807, 2.05) is 0 Å². The molecule has 19 heavy (non-hydrogen) atoms. The normalized spacial score (nSPS) is 14.4. The van der Waals surface area contributed by atoms with E-state index in [1.165, 1.54) is 31.2 Å². The van der Waals surface area contributed by atoms with Gasteiger partial charge in [-0.2, -0.15) is 5.10 Å². The van der Waals surface area contributed by atoms with Gasteiger partial charge < -0.3 is 5.11 Å². The highest BCUT2D eigenvalue weighted by Crippen LogP contribution is 2.29. The SMILES string of the molecule is Cc1cc(F)c(F)c(F)c1C(C(C)O)n1cncn1. The molecule has 0 aliphatic carbocycles. The van der Waals surface area contributed by atoms with Crippen molar-refractivity contribution in [1.29, 1.82) is 0 Å². The minimum Gasteiger partial charge on any atom is -0.391 e. The van der Waals surface area contributed by atoms with E-state index < -0.39 is 29.6 Å². The average Bonchev–Trinajstić information content (AvgIpc) is 2.84. The molecule has 2 atom stereocenters. The number of aliphatic hydroxyl groups is 1. The van der Waals surface area contributed by atoms with E-state index in [4.69, 9.17) is 0 Å². The molecule has 0 aliphatic heterocycles. The lowest BCUT2D eigenvalue weighted by Crippen LogP contribution is -2.25. The van der Waals surface area contributed by atoms with Gasteiger partial charge in [0, 0.05) is 5.56 Å². The van der Waals surface area contributed by atoms with E-state index >= 15 is 0 Å². The van der Waals surface area contributed by atoms with Crippen molar-refractivity contribution in [1.82, 2.24) is 14.8 Å². The Kier molecular flexibility index (Phi) is 3.57. The van der Waals surface area contributed by atoms with E-state index in [2.05, 4.69) is 10.1 Å². The van der Waals surface area contributed by atoms with Crippen LogP contribution in [0.4, 0.5) is 13.2 Å². The number of hydrogen-bond donors (Lipinski definition) is 1. The van der Waals surface area contributed by atoms with Gasteiger partial charge in [0.05, 0.1) is 6.10 Å². The lowest BCUT2D eigenvalue weighted by molar-refractivity contribution is 0.139. The minimum atomic E-state index is -1.56. The number of rotatable bonds is 3. The Bertz CT molecular complexity index is 584. The zero-order chi connectivity index (χ0) is 14.2. The Morgan fingerprint density at radius 3 is 2.47 bits per heavy atom. The second-order valence-electron chi connectivity index (χ2n) is 4.28. The monoisotopic (exact) mass is 271 g/mol. The van der Waals surface area contributed by atoms with Crippen molar-refractivity contribution in [2.75, 3.05) is 0 Å². The molecule has 1 heterocycles. The molecule has 1 aromatic heterocycles. The van der Waals surface area contributed by atoms with Gasteiger partial charge in [0.15, 0.2) is 17.5 Å². The topological polar surface area (TPSA) is 50.9 Å². The molecule has 0 saturated heterocycles. The second kappa shape index (κ2) is 5.00. The predicted octanol–water partition coefficient (Wildman–Crippen LogP) is 1.97. The summed E-state index contributed by atoms with van der Waals surface area (Å²) >= 11 is 0. The van der Waals surface area contributed by atoms with Crippen molar-refractivity contribution in [2.45, 2.75) is 26.0 Å². The van der Waals surface area contributed by atoms with E-state index in [-0.39, 0.29) is 11.1 Å². The van der Waals surface area contributed by atoms with Gasteiger partial charge in [0.25, 0.3) is 0 Å². The lowest BCUT2D eigenvalue weighted by atomic mass is 9.96. The maximum absolute atomic E-state index is 13.9. The Morgan fingerprint density at radius 2 is 1.95 bits per heavy atom. The summed E-state index contributed by atoms with van der Waals surface area (Å²) in [5, 5.41) is 13.6. The second-order valence-corrected chi connectivity index (χ2v) is 4.28. The highest BCUT2D eigenvalue weighted by Gasteiger charge is 2.28. The van der Waals surface area contributed by atoms with E-state index in [9.17, 15) is 18.3 Å². The van der Waals surface area contributed by atoms with Crippen molar-refractivity contribution >= 4 is 0 Å². The van der Waals surface area contributed by atoms with E-state index in [0.717, 1.165) is 6.07 Å². The van der Waals surface area contributed by atoms with Crippen LogP contribution in [0, 0.1) is 24.4 Å². The smallest absolute Gasteiger partial charge is 0.194 e. The molecule has 2 aromatic rings. The summed E-state index contributed by atoms with van der Waals surface area (Å²) in [7, 11) is 0. The number of nitrogens with zero attached hydrogens (tertiary/aromatic N) is 3. The van der Waals surface area contributed by atoms with Gasteiger partial charge in [0.2, 0.25) is 0 Å². The van der Waals surface area contributed by atoms with Crippen LogP contribution in [0.25, 0.3) is 0 Å². The third-order valence-corrected chi connectivity index (χ3v) is 2.88. The first-order valence-corrected chi connectivity index (χ1v) is 5.59. The third-order valence-electron chi connectivity index (χ3n) is 2.88. The Morgan fingerprint density at radius 1 is 1.26 bits per heavy atom. The summed E-state index contributed by atoms with van der Waals surface area (Å²) in [4.78, 5) is 3.70. The number of benzene rings is 1. The number of aryl methyl sites for hydroxylation is 1. The first kappa shape index (κ1) is 13.5. The maximum atomic E-state index is 13.9. The number of halogens is 3. The minimum absolute atomic E-state index is 0.139. The molecule has 4 nitrogen and oxygen atoms in total. The third kappa shape index (κ3) is 2.33. The van der Waals surface area contributed by atoms with Crippen LogP contribution in [-0.4, -0.2) is 26.0 Å². The molecule has 0 amide bonds. The largest absolute Gasteiger partial charge is 0.391 e. The molecule has 0 fully saturated rings. The van der Waals surface area contributed by atoms with Crippen LogP contribution in [0.3, 0.4) is 0 Å². The molecule has 102 valence electrons. The molecule has 1 N–H and O–H groups in total. The molecule has 0 saturated carbocycles. The summed E-state index contributed by atoms with van der Waals surface area (Å²) in [6.07, 6.45) is 1.43. The molecule has 0 bridgehead atoms. The highest BCUT2D eigenvalue weighted by atomic mass is 19.2. The van der Waals surface area contributed by atoms with Crippen LogP contribution in [-0.2, 0) is 0 Å². The molecule has 0 aliphatic rings. The molecular formula is C12H12F3N3O. The Balaban J connectivity index is 2.64.